The van der Waals surface area contributed by atoms with Gasteiger partial charge in [-0.05, 0) is 70.6 Å². The highest BCUT2D eigenvalue weighted by molar-refractivity contribution is 5.77. The van der Waals surface area contributed by atoms with E-state index in [9.17, 15) is 19.8 Å². The second kappa shape index (κ2) is 47.9. The van der Waals surface area contributed by atoms with E-state index in [4.69, 9.17) is 4.74 Å². The number of ether oxygens (including phenoxy) is 1. The molecule has 1 amide bonds. The van der Waals surface area contributed by atoms with E-state index >= 15 is 0 Å². The van der Waals surface area contributed by atoms with Crippen LogP contribution < -0.4 is 5.32 Å². The molecule has 0 aromatic rings. The summed E-state index contributed by atoms with van der Waals surface area (Å²) in [5.41, 5.74) is 0. The van der Waals surface area contributed by atoms with Crippen LogP contribution in [0, 0.1) is 0 Å². The molecule has 0 saturated carbocycles. The number of hydrogen-bond acceptors (Lipinski definition) is 5. The van der Waals surface area contributed by atoms with Crippen molar-refractivity contribution >= 4 is 11.9 Å². The predicted molar refractivity (Wildman–Crippen MR) is 259 cm³/mol. The lowest BCUT2D eigenvalue weighted by Crippen LogP contribution is -2.46. The van der Waals surface area contributed by atoms with Crippen LogP contribution in [0.15, 0.2) is 48.6 Å². The van der Waals surface area contributed by atoms with Gasteiger partial charge in [-0.3, -0.25) is 9.59 Å². The molecule has 0 radical (unpaired) electrons. The minimum absolute atomic E-state index is 0.0613. The minimum atomic E-state index is -0.794. The fourth-order valence-electron chi connectivity index (χ4n) is 7.78. The monoisotopic (exact) mass is 842 g/mol. The molecule has 0 saturated heterocycles. The largest absolute Gasteiger partial charge is 0.462 e. The van der Waals surface area contributed by atoms with E-state index < -0.39 is 18.2 Å². The first-order chi connectivity index (χ1) is 29.5. The van der Waals surface area contributed by atoms with E-state index in [1.165, 1.54) is 122 Å². The Labute approximate surface area is 372 Å². The second-order valence-electron chi connectivity index (χ2n) is 17.6. The topological polar surface area (TPSA) is 95.9 Å². The molecule has 0 aliphatic rings. The number of amides is 1. The lowest BCUT2D eigenvalue weighted by molar-refractivity contribution is -0.151. The maximum Gasteiger partial charge on any atom is 0.306 e. The van der Waals surface area contributed by atoms with Crippen LogP contribution in [-0.2, 0) is 14.3 Å². The van der Waals surface area contributed by atoms with Crippen molar-refractivity contribution in [2.75, 3.05) is 6.61 Å². The molecule has 0 aromatic carbocycles. The summed E-state index contributed by atoms with van der Waals surface area (Å²) >= 11 is 0. The van der Waals surface area contributed by atoms with Crippen molar-refractivity contribution in [1.29, 1.82) is 0 Å². The van der Waals surface area contributed by atoms with Crippen LogP contribution >= 0.6 is 0 Å². The van der Waals surface area contributed by atoms with Gasteiger partial charge >= 0.3 is 5.97 Å². The van der Waals surface area contributed by atoms with Gasteiger partial charge in [-0.25, -0.2) is 0 Å². The van der Waals surface area contributed by atoms with Crippen molar-refractivity contribution in [2.45, 2.75) is 277 Å². The number of aliphatic hydroxyl groups excluding tert-OH is 2. The zero-order valence-corrected chi connectivity index (χ0v) is 39.8. The van der Waals surface area contributed by atoms with Crippen molar-refractivity contribution in [3.05, 3.63) is 48.6 Å². The highest BCUT2D eigenvalue weighted by atomic mass is 16.5. The molecule has 60 heavy (non-hydrogen) atoms. The third kappa shape index (κ3) is 42.5. The maximum atomic E-state index is 13.2. The van der Waals surface area contributed by atoms with Gasteiger partial charge in [0.05, 0.1) is 25.2 Å². The number of allylic oxidation sites excluding steroid dienone is 8. The molecule has 0 fully saturated rings. The molecule has 6 nitrogen and oxygen atoms in total. The van der Waals surface area contributed by atoms with Crippen LogP contribution in [-0.4, -0.2) is 46.9 Å². The van der Waals surface area contributed by atoms with Gasteiger partial charge in [-0.1, -0.05) is 223 Å². The normalized spacial score (nSPS) is 13.6. The zero-order chi connectivity index (χ0) is 43.8. The van der Waals surface area contributed by atoms with Gasteiger partial charge in [0, 0.05) is 6.42 Å². The molecule has 3 atom stereocenters. The zero-order valence-electron chi connectivity index (χ0n) is 39.8. The smallest absolute Gasteiger partial charge is 0.306 e. The van der Waals surface area contributed by atoms with Gasteiger partial charge in [0.1, 0.15) is 6.10 Å². The Balaban J connectivity index is 4.59. The van der Waals surface area contributed by atoms with Gasteiger partial charge in [0.25, 0.3) is 0 Å². The van der Waals surface area contributed by atoms with E-state index in [1.807, 2.05) is 0 Å². The molecule has 0 aliphatic heterocycles. The van der Waals surface area contributed by atoms with Gasteiger partial charge in [-0.2, -0.15) is 0 Å². The Kier molecular flexibility index (Phi) is 46.1. The number of nitrogens with one attached hydrogen (secondary N) is 1. The van der Waals surface area contributed by atoms with Crippen molar-refractivity contribution in [3.8, 4) is 0 Å². The van der Waals surface area contributed by atoms with Crippen LogP contribution in [0.4, 0.5) is 0 Å². The van der Waals surface area contributed by atoms with Crippen molar-refractivity contribution < 1.29 is 24.5 Å². The molecule has 350 valence electrons. The molecule has 0 aliphatic carbocycles. The number of carbonyl (C=O) groups excluding carboxylic acids is 2. The van der Waals surface area contributed by atoms with Gasteiger partial charge < -0.3 is 20.3 Å². The number of unbranched alkanes of at least 4 members (excludes halogenated alkanes) is 28. The van der Waals surface area contributed by atoms with Gasteiger partial charge in [-0.15, -0.1) is 0 Å². The van der Waals surface area contributed by atoms with Crippen molar-refractivity contribution in [3.63, 3.8) is 0 Å². The summed E-state index contributed by atoms with van der Waals surface area (Å²) in [5.74, 6) is -0.499. The molecule has 0 rings (SSSR count). The molecule has 6 heteroatoms. The molecule has 0 heterocycles. The summed E-state index contributed by atoms with van der Waals surface area (Å²) in [6.45, 7) is 6.35. The summed E-state index contributed by atoms with van der Waals surface area (Å²) in [6, 6.07) is -0.709. The number of hydrogen-bond donors (Lipinski definition) is 3. The Bertz CT molecular complexity index is 1040. The Morgan fingerprint density at radius 3 is 1.40 bits per heavy atom. The summed E-state index contributed by atoms with van der Waals surface area (Å²) in [5, 5.41) is 23.7. The average molecular weight is 842 g/mol. The Hall–Kier alpha value is -2.18. The molecule has 3 unspecified atom stereocenters. The molecule has 0 aromatic heterocycles. The van der Waals surface area contributed by atoms with E-state index in [0.29, 0.717) is 19.3 Å². The lowest BCUT2D eigenvalue weighted by atomic mass is 10.0. The maximum absolute atomic E-state index is 13.2. The minimum Gasteiger partial charge on any atom is -0.462 e. The fourth-order valence-corrected chi connectivity index (χ4v) is 7.78. The Morgan fingerprint density at radius 1 is 0.500 bits per heavy atom. The lowest BCUT2D eigenvalue weighted by Gasteiger charge is -2.24. The molecular formula is C54H99NO5. The second-order valence-corrected chi connectivity index (χ2v) is 17.6. The molecule has 0 spiro atoms. The fraction of sp³-hybridized carbons (Fsp3) is 0.815. The molecule has 0 bridgehead atoms. The standard InChI is InChI=1S/C54H99NO5/c1-4-7-10-13-16-19-22-25-26-27-29-32-35-38-41-44-47-54(59)60-50(45-42-39-36-33-30-28-23-20-17-14-11-8-5-2)48-53(58)55-51(49-56)52(57)46-43-40-37-34-31-24-21-18-15-12-9-6-3/h8,11,14,17,20,23,26-27,50-52,56-57H,4-7,9-10,12-13,15-16,18-19,21-22,24-25,28-49H2,1-3H3,(H,55,58)/b11-8+,17-14+,23-20+,27-26+. The Morgan fingerprint density at radius 2 is 0.917 bits per heavy atom. The van der Waals surface area contributed by atoms with Crippen molar-refractivity contribution in [1.82, 2.24) is 5.32 Å². The summed E-state index contributed by atoms with van der Waals surface area (Å²) in [7, 11) is 0. The molecule has 3 N–H and O–H groups in total. The highest BCUT2D eigenvalue weighted by Gasteiger charge is 2.24. The number of carbonyl (C=O) groups is 2. The highest BCUT2D eigenvalue weighted by Crippen LogP contribution is 2.18. The first kappa shape index (κ1) is 57.8. The van der Waals surface area contributed by atoms with Crippen LogP contribution in [0.25, 0.3) is 0 Å². The van der Waals surface area contributed by atoms with Crippen LogP contribution in [0.3, 0.4) is 0 Å². The third-order valence-corrected chi connectivity index (χ3v) is 11.7. The van der Waals surface area contributed by atoms with Crippen molar-refractivity contribution in [2.24, 2.45) is 0 Å². The van der Waals surface area contributed by atoms with Gasteiger partial charge in [0.2, 0.25) is 5.91 Å². The van der Waals surface area contributed by atoms with E-state index in [0.717, 1.165) is 89.9 Å². The van der Waals surface area contributed by atoms with Crippen LogP contribution in [0.1, 0.15) is 258 Å². The first-order valence-corrected chi connectivity index (χ1v) is 25.9. The average Bonchev–Trinajstić information content (AvgIpc) is 3.24. The van der Waals surface area contributed by atoms with Gasteiger partial charge in [0.15, 0.2) is 0 Å². The summed E-state index contributed by atoms with van der Waals surface area (Å²) in [4.78, 5) is 26.1. The number of aliphatic hydroxyl groups is 2. The molecular weight excluding hydrogens is 743 g/mol. The first-order valence-electron chi connectivity index (χ1n) is 25.9. The quantitative estimate of drug-likeness (QED) is 0.0246. The van der Waals surface area contributed by atoms with E-state index in [-0.39, 0.29) is 24.9 Å². The summed E-state index contributed by atoms with van der Waals surface area (Å²) in [6.07, 6.45) is 57.4. The predicted octanol–water partition coefficient (Wildman–Crippen LogP) is 15.5. The number of rotatable bonds is 46. The van der Waals surface area contributed by atoms with E-state index in [1.54, 1.807) is 0 Å². The van der Waals surface area contributed by atoms with E-state index in [2.05, 4.69) is 74.7 Å². The van der Waals surface area contributed by atoms with Crippen LogP contribution in [0.5, 0.6) is 0 Å². The SMILES string of the molecule is CC/C=C/C=C/C=C/CCCCCCCC(CC(=O)NC(CO)C(O)CCCCCCCCCCCCCC)OC(=O)CCCCCCC/C=C/CCCCCCCCC. The number of esters is 1. The summed E-state index contributed by atoms with van der Waals surface area (Å²) < 4.78 is 5.92. The third-order valence-electron chi connectivity index (χ3n) is 11.7. The van der Waals surface area contributed by atoms with Crippen LogP contribution in [0.2, 0.25) is 0 Å².